The standard InChI is InChI=1S/C14H26N2O4/c1-10(12(17)19-5)15-11-7-6-8-16(9-11)13(18)20-14(2,3)4/h10-11,15H,6-9H2,1-5H3/t10-,11?/m0/s1. The van der Waals surface area contributed by atoms with Crippen LogP contribution < -0.4 is 5.32 Å². The lowest BCUT2D eigenvalue weighted by molar-refractivity contribution is -0.142. The van der Waals surface area contributed by atoms with E-state index in [-0.39, 0.29) is 24.1 Å². The number of hydrogen-bond donors (Lipinski definition) is 1. The molecule has 0 aromatic heterocycles. The number of carbonyl (C=O) groups is 2. The van der Waals surface area contributed by atoms with E-state index in [0.717, 1.165) is 12.8 Å². The van der Waals surface area contributed by atoms with Gasteiger partial charge in [-0.2, -0.15) is 0 Å². The van der Waals surface area contributed by atoms with Crippen LogP contribution in [0.5, 0.6) is 0 Å². The predicted octanol–water partition coefficient (Wildman–Crippen LogP) is 1.54. The lowest BCUT2D eigenvalue weighted by Gasteiger charge is -2.35. The van der Waals surface area contributed by atoms with Gasteiger partial charge in [0.05, 0.1) is 7.11 Å². The molecule has 2 atom stereocenters. The summed E-state index contributed by atoms with van der Waals surface area (Å²) in [4.78, 5) is 25.1. The van der Waals surface area contributed by atoms with Crippen LogP contribution in [-0.4, -0.2) is 54.8 Å². The number of piperidine rings is 1. The SMILES string of the molecule is COC(=O)[C@H](C)NC1CCCN(C(=O)OC(C)(C)C)C1. The molecule has 1 amide bonds. The van der Waals surface area contributed by atoms with E-state index < -0.39 is 5.60 Å². The van der Waals surface area contributed by atoms with Crippen LogP contribution in [0, 0.1) is 0 Å². The fourth-order valence-electron chi connectivity index (χ4n) is 2.20. The summed E-state index contributed by atoms with van der Waals surface area (Å²) in [5, 5.41) is 3.19. The summed E-state index contributed by atoms with van der Waals surface area (Å²) in [6.07, 6.45) is 1.53. The highest BCUT2D eigenvalue weighted by Gasteiger charge is 2.29. The molecule has 1 aliphatic rings. The van der Waals surface area contributed by atoms with Gasteiger partial charge in [0, 0.05) is 19.1 Å². The third kappa shape index (κ3) is 5.36. The van der Waals surface area contributed by atoms with E-state index in [2.05, 4.69) is 10.1 Å². The molecule has 1 fully saturated rings. The molecular formula is C14H26N2O4. The van der Waals surface area contributed by atoms with Crippen molar-refractivity contribution in [2.24, 2.45) is 0 Å². The molecule has 0 bridgehead atoms. The second-order valence-electron chi connectivity index (χ2n) is 6.18. The molecule has 1 aliphatic heterocycles. The number of likely N-dealkylation sites (tertiary alicyclic amines) is 1. The van der Waals surface area contributed by atoms with Gasteiger partial charge in [-0.05, 0) is 40.5 Å². The molecule has 1 unspecified atom stereocenters. The Labute approximate surface area is 120 Å². The summed E-state index contributed by atoms with van der Waals surface area (Å²) >= 11 is 0. The molecule has 6 heteroatoms. The summed E-state index contributed by atoms with van der Waals surface area (Å²) in [5.74, 6) is -0.292. The maximum absolute atomic E-state index is 12.0. The number of ether oxygens (including phenoxy) is 2. The summed E-state index contributed by atoms with van der Waals surface area (Å²) < 4.78 is 10.1. The molecule has 0 aromatic carbocycles. The van der Waals surface area contributed by atoms with Crippen LogP contribution in [0.3, 0.4) is 0 Å². The lowest BCUT2D eigenvalue weighted by atomic mass is 10.1. The Kier molecular flexibility index (Phi) is 5.80. The van der Waals surface area contributed by atoms with Crippen molar-refractivity contribution in [3.8, 4) is 0 Å². The predicted molar refractivity (Wildman–Crippen MR) is 75.4 cm³/mol. The van der Waals surface area contributed by atoms with Crippen LogP contribution in [0.25, 0.3) is 0 Å². The van der Waals surface area contributed by atoms with Crippen molar-refractivity contribution < 1.29 is 19.1 Å². The summed E-state index contributed by atoms with van der Waals surface area (Å²) in [7, 11) is 1.37. The minimum absolute atomic E-state index is 0.0883. The molecule has 0 saturated carbocycles. The Morgan fingerprint density at radius 3 is 2.55 bits per heavy atom. The van der Waals surface area contributed by atoms with E-state index in [0.29, 0.717) is 13.1 Å². The molecule has 6 nitrogen and oxygen atoms in total. The van der Waals surface area contributed by atoms with Gasteiger partial charge in [-0.25, -0.2) is 4.79 Å². The van der Waals surface area contributed by atoms with Gasteiger partial charge in [0.1, 0.15) is 11.6 Å². The molecular weight excluding hydrogens is 260 g/mol. The maximum atomic E-state index is 12.0. The van der Waals surface area contributed by atoms with Gasteiger partial charge in [-0.15, -0.1) is 0 Å². The molecule has 20 heavy (non-hydrogen) atoms. The minimum atomic E-state index is -0.489. The number of nitrogens with one attached hydrogen (secondary N) is 1. The van der Waals surface area contributed by atoms with E-state index in [1.807, 2.05) is 20.8 Å². The van der Waals surface area contributed by atoms with Gasteiger partial charge < -0.3 is 19.7 Å². The molecule has 0 radical (unpaired) electrons. The molecule has 1 heterocycles. The Bertz CT molecular complexity index is 352. The Hall–Kier alpha value is -1.30. The molecule has 116 valence electrons. The lowest BCUT2D eigenvalue weighted by Crippen LogP contribution is -2.52. The Morgan fingerprint density at radius 2 is 2.00 bits per heavy atom. The highest BCUT2D eigenvalue weighted by Crippen LogP contribution is 2.15. The van der Waals surface area contributed by atoms with Gasteiger partial charge in [-0.1, -0.05) is 0 Å². The normalized spacial score (nSPS) is 21.2. The Morgan fingerprint density at radius 1 is 1.35 bits per heavy atom. The van der Waals surface area contributed by atoms with Gasteiger partial charge >= 0.3 is 12.1 Å². The maximum Gasteiger partial charge on any atom is 0.410 e. The zero-order chi connectivity index (χ0) is 15.3. The van der Waals surface area contributed by atoms with Gasteiger partial charge in [0.15, 0.2) is 0 Å². The second-order valence-corrected chi connectivity index (χ2v) is 6.18. The van der Waals surface area contributed by atoms with Gasteiger partial charge in [0.2, 0.25) is 0 Å². The number of amides is 1. The number of esters is 1. The van der Waals surface area contributed by atoms with Crippen LogP contribution in [0.4, 0.5) is 4.79 Å². The van der Waals surface area contributed by atoms with Crippen molar-refractivity contribution in [1.29, 1.82) is 0 Å². The van der Waals surface area contributed by atoms with Crippen LogP contribution in [-0.2, 0) is 14.3 Å². The highest BCUT2D eigenvalue weighted by molar-refractivity contribution is 5.75. The molecule has 0 spiro atoms. The monoisotopic (exact) mass is 286 g/mol. The highest BCUT2D eigenvalue weighted by atomic mass is 16.6. The van der Waals surface area contributed by atoms with Crippen molar-refractivity contribution in [2.45, 2.75) is 58.2 Å². The third-order valence-electron chi connectivity index (χ3n) is 3.11. The first kappa shape index (κ1) is 16.8. The molecule has 1 N–H and O–H groups in total. The zero-order valence-corrected chi connectivity index (χ0v) is 13.1. The Balaban J connectivity index is 2.50. The average molecular weight is 286 g/mol. The van der Waals surface area contributed by atoms with Crippen LogP contribution in [0.2, 0.25) is 0 Å². The van der Waals surface area contributed by atoms with E-state index in [9.17, 15) is 9.59 Å². The number of carbonyl (C=O) groups excluding carboxylic acids is 2. The molecule has 0 aliphatic carbocycles. The van der Waals surface area contributed by atoms with Crippen molar-refractivity contribution in [3.05, 3.63) is 0 Å². The third-order valence-corrected chi connectivity index (χ3v) is 3.11. The molecule has 1 rings (SSSR count). The van der Waals surface area contributed by atoms with Crippen LogP contribution in [0.15, 0.2) is 0 Å². The zero-order valence-electron chi connectivity index (χ0n) is 13.1. The minimum Gasteiger partial charge on any atom is -0.468 e. The van der Waals surface area contributed by atoms with Crippen molar-refractivity contribution in [1.82, 2.24) is 10.2 Å². The largest absolute Gasteiger partial charge is 0.468 e. The van der Waals surface area contributed by atoms with Gasteiger partial charge in [0.25, 0.3) is 0 Å². The van der Waals surface area contributed by atoms with E-state index in [1.165, 1.54) is 7.11 Å². The van der Waals surface area contributed by atoms with E-state index >= 15 is 0 Å². The molecule has 1 saturated heterocycles. The number of rotatable bonds is 3. The van der Waals surface area contributed by atoms with Crippen LogP contribution in [0.1, 0.15) is 40.5 Å². The fraction of sp³-hybridized carbons (Fsp3) is 0.857. The molecule has 0 aromatic rings. The van der Waals surface area contributed by atoms with E-state index in [1.54, 1.807) is 11.8 Å². The van der Waals surface area contributed by atoms with Crippen molar-refractivity contribution in [3.63, 3.8) is 0 Å². The average Bonchev–Trinajstić information content (AvgIpc) is 2.36. The summed E-state index contributed by atoms with van der Waals surface area (Å²) in [5.41, 5.74) is -0.489. The summed E-state index contributed by atoms with van der Waals surface area (Å²) in [6, 6.07) is -0.283. The quantitative estimate of drug-likeness (QED) is 0.797. The first-order chi connectivity index (χ1) is 9.23. The van der Waals surface area contributed by atoms with Crippen LogP contribution >= 0.6 is 0 Å². The van der Waals surface area contributed by atoms with E-state index in [4.69, 9.17) is 4.74 Å². The number of hydrogen-bond acceptors (Lipinski definition) is 5. The first-order valence-corrected chi connectivity index (χ1v) is 7.04. The number of nitrogens with zero attached hydrogens (tertiary/aromatic N) is 1. The van der Waals surface area contributed by atoms with Gasteiger partial charge in [-0.3, -0.25) is 4.79 Å². The van der Waals surface area contributed by atoms with Crippen molar-refractivity contribution >= 4 is 12.1 Å². The topological polar surface area (TPSA) is 67.9 Å². The second kappa shape index (κ2) is 6.92. The smallest absolute Gasteiger partial charge is 0.410 e. The fourth-order valence-corrected chi connectivity index (χ4v) is 2.20. The van der Waals surface area contributed by atoms with Crippen molar-refractivity contribution in [2.75, 3.05) is 20.2 Å². The first-order valence-electron chi connectivity index (χ1n) is 7.04. The summed E-state index contributed by atoms with van der Waals surface area (Å²) in [6.45, 7) is 8.56. The number of methoxy groups -OCH3 is 1.